The van der Waals surface area contributed by atoms with Gasteiger partial charge in [-0.1, -0.05) is 12.1 Å². The fourth-order valence-corrected chi connectivity index (χ4v) is 3.74. The Balaban J connectivity index is 2.01. The van der Waals surface area contributed by atoms with Crippen LogP contribution in [0.4, 0.5) is 0 Å². The number of rotatable bonds is 8. The SMILES string of the molecule is CC(C)N(CCS(=O)(=O)c1cccc(CN)c1)CC1CC1. The van der Waals surface area contributed by atoms with Gasteiger partial charge in [0.05, 0.1) is 10.6 Å². The molecule has 1 aliphatic carbocycles. The van der Waals surface area contributed by atoms with Crippen LogP contribution < -0.4 is 5.73 Å². The highest BCUT2D eigenvalue weighted by molar-refractivity contribution is 7.91. The summed E-state index contributed by atoms with van der Waals surface area (Å²) in [6, 6.07) is 7.35. The second-order valence-electron chi connectivity index (χ2n) is 6.20. The second kappa shape index (κ2) is 6.90. The van der Waals surface area contributed by atoms with Crippen molar-refractivity contribution in [3.8, 4) is 0 Å². The fourth-order valence-electron chi connectivity index (χ4n) is 2.41. The Kier molecular flexibility index (Phi) is 5.41. The predicted molar refractivity (Wildman–Crippen MR) is 85.8 cm³/mol. The van der Waals surface area contributed by atoms with E-state index in [0.717, 1.165) is 18.0 Å². The van der Waals surface area contributed by atoms with Crippen molar-refractivity contribution in [1.29, 1.82) is 0 Å². The van der Waals surface area contributed by atoms with Crippen LogP contribution in [0.2, 0.25) is 0 Å². The highest BCUT2D eigenvalue weighted by Gasteiger charge is 2.26. The molecule has 0 unspecified atom stereocenters. The Bertz CT molecular complexity index is 565. The molecule has 0 amide bonds. The molecule has 2 rings (SSSR count). The van der Waals surface area contributed by atoms with Crippen LogP contribution in [0.25, 0.3) is 0 Å². The number of nitrogens with two attached hydrogens (primary N) is 1. The average Bonchev–Trinajstić information content (AvgIpc) is 3.27. The number of hydrogen-bond acceptors (Lipinski definition) is 4. The van der Waals surface area contributed by atoms with Gasteiger partial charge >= 0.3 is 0 Å². The van der Waals surface area contributed by atoms with Crippen LogP contribution in [0.5, 0.6) is 0 Å². The topological polar surface area (TPSA) is 63.4 Å². The van der Waals surface area contributed by atoms with Crippen molar-refractivity contribution in [3.05, 3.63) is 29.8 Å². The molecule has 21 heavy (non-hydrogen) atoms. The summed E-state index contributed by atoms with van der Waals surface area (Å²) in [5.74, 6) is 0.946. The van der Waals surface area contributed by atoms with Gasteiger partial charge in [0.1, 0.15) is 0 Å². The Morgan fingerprint density at radius 2 is 2.05 bits per heavy atom. The van der Waals surface area contributed by atoms with E-state index in [2.05, 4.69) is 18.7 Å². The van der Waals surface area contributed by atoms with Crippen molar-refractivity contribution < 1.29 is 8.42 Å². The smallest absolute Gasteiger partial charge is 0.179 e. The summed E-state index contributed by atoms with van der Waals surface area (Å²) < 4.78 is 24.9. The number of hydrogen-bond donors (Lipinski definition) is 1. The maximum Gasteiger partial charge on any atom is 0.179 e. The van der Waals surface area contributed by atoms with E-state index < -0.39 is 9.84 Å². The Hall–Kier alpha value is -0.910. The highest BCUT2D eigenvalue weighted by atomic mass is 32.2. The van der Waals surface area contributed by atoms with Gasteiger partial charge in [0, 0.05) is 25.7 Å². The van der Waals surface area contributed by atoms with Gasteiger partial charge in [-0.15, -0.1) is 0 Å². The molecule has 0 radical (unpaired) electrons. The molecule has 0 bridgehead atoms. The van der Waals surface area contributed by atoms with Crippen molar-refractivity contribution in [2.75, 3.05) is 18.8 Å². The van der Waals surface area contributed by atoms with Crippen LogP contribution in [0.3, 0.4) is 0 Å². The molecular formula is C16H26N2O2S. The predicted octanol–water partition coefficient (Wildman–Crippen LogP) is 2.04. The van der Waals surface area contributed by atoms with E-state index in [1.807, 2.05) is 6.07 Å². The molecule has 1 fully saturated rings. The molecule has 118 valence electrons. The van der Waals surface area contributed by atoms with Gasteiger partial charge in [-0.25, -0.2) is 8.42 Å². The van der Waals surface area contributed by atoms with Crippen LogP contribution in [-0.2, 0) is 16.4 Å². The largest absolute Gasteiger partial charge is 0.326 e. The monoisotopic (exact) mass is 310 g/mol. The van der Waals surface area contributed by atoms with Crippen LogP contribution in [0, 0.1) is 5.92 Å². The number of nitrogens with zero attached hydrogens (tertiary/aromatic N) is 1. The third-order valence-corrected chi connectivity index (χ3v) is 5.75. The molecule has 1 aliphatic rings. The molecule has 1 aromatic carbocycles. The third kappa shape index (κ3) is 4.80. The van der Waals surface area contributed by atoms with Crippen LogP contribution >= 0.6 is 0 Å². The van der Waals surface area contributed by atoms with Crippen molar-refractivity contribution >= 4 is 9.84 Å². The molecule has 0 spiro atoms. The van der Waals surface area contributed by atoms with E-state index >= 15 is 0 Å². The third-order valence-electron chi connectivity index (χ3n) is 4.06. The molecule has 2 N–H and O–H groups in total. The van der Waals surface area contributed by atoms with E-state index in [9.17, 15) is 8.42 Å². The molecule has 5 heteroatoms. The van der Waals surface area contributed by atoms with Gasteiger partial charge in [0.25, 0.3) is 0 Å². The standard InChI is InChI=1S/C16H26N2O2S/c1-13(2)18(12-14-6-7-14)8-9-21(19,20)16-5-3-4-15(10-16)11-17/h3-5,10,13-14H,6-9,11-12,17H2,1-2H3. The maximum absolute atomic E-state index is 12.5. The first-order valence-corrected chi connectivity index (χ1v) is 9.33. The Labute approximate surface area is 128 Å². The lowest BCUT2D eigenvalue weighted by atomic mass is 10.2. The molecular weight excluding hydrogens is 284 g/mol. The lowest BCUT2D eigenvalue weighted by Gasteiger charge is -2.26. The van der Waals surface area contributed by atoms with E-state index in [0.29, 0.717) is 24.0 Å². The van der Waals surface area contributed by atoms with Crippen molar-refractivity contribution in [1.82, 2.24) is 4.90 Å². The highest BCUT2D eigenvalue weighted by Crippen LogP contribution is 2.30. The summed E-state index contributed by atoms with van der Waals surface area (Å²) in [7, 11) is -3.23. The van der Waals surface area contributed by atoms with E-state index in [-0.39, 0.29) is 5.75 Å². The lowest BCUT2D eigenvalue weighted by Crippen LogP contribution is -2.36. The summed E-state index contributed by atoms with van der Waals surface area (Å²) in [5, 5.41) is 0. The van der Waals surface area contributed by atoms with E-state index in [1.165, 1.54) is 12.8 Å². The van der Waals surface area contributed by atoms with Crippen LogP contribution in [-0.4, -0.2) is 38.2 Å². The average molecular weight is 310 g/mol. The Morgan fingerprint density at radius 3 is 2.62 bits per heavy atom. The minimum atomic E-state index is -3.23. The first kappa shape index (κ1) is 16.5. The zero-order valence-electron chi connectivity index (χ0n) is 13.0. The van der Waals surface area contributed by atoms with Gasteiger partial charge in [-0.05, 0) is 50.3 Å². The first-order chi connectivity index (χ1) is 9.92. The Morgan fingerprint density at radius 1 is 1.33 bits per heavy atom. The second-order valence-corrected chi connectivity index (χ2v) is 8.31. The zero-order valence-corrected chi connectivity index (χ0v) is 13.8. The first-order valence-electron chi connectivity index (χ1n) is 7.68. The minimum absolute atomic E-state index is 0.173. The van der Waals surface area contributed by atoms with E-state index in [4.69, 9.17) is 5.73 Å². The van der Waals surface area contributed by atoms with Gasteiger partial charge in [0.2, 0.25) is 0 Å². The fraction of sp³-hybridized carbons (Fsp3) is 0.625. The number of sulfone groups is 1. The van der Waals surface area contributed by atoms with Gasteiger partial charge < -0.3 is 5.73 Å². The molecule has 1 aromatic rings. The van der Waals surface area contributed by atoms with Crippen molar-refractivity contribution in [2.45, 2.75) is 44.2 Å². The van der Waals surface area contributed by atoms with Crippen molar-refractivity contribution in [3.63, 3.8) is 0 Å². The van der Waals surface area contributed by atoms with E-state index in [1.54, 1.807) is 18.2 Å². The van der Waals surface area contributed by atoms with Gasteiger partial charge in [-0.3, -0.25) is 4.90 Å². The van der Waals surface area contributed by atoms with Gasteiger partial charge in [0.15, 0.2) is 9.84 Å². The quantitative estimate of drug-likeness (QED) is 0.798. The minimum Gasteiger partial charge on any atom is -0.326 e. The van der Waals surface area contributed by atoms with Crippen LogP contribution in [0.15, 0.2) is 29.2 Å². The van der Waals surface area contributed by atoms with Gasteiger partial charge in [-0.2, -0.15) is 0 Å². The molecule has 4 nitrogen and oxygen atoms in total. The summed E-state index contributed by atoms with van der Waals surface area (Å²) in [6.45, 7) is 6.25. The molecule has 1 saturated carbocycles. The summed E-state index contributed by atoms with van der Waals surface area (Å²) >= 11 is 0. The van der Waals surface area contributed by atoms with Crippen molar-refractivity contribution in [2.24, 2.45) is 11.7 Å². The summed E-state index contributed by atoms with van der Waals surface area (Å²) in [5.41, 5.74) is 6.44. The molecule has 0 heterocycles. The lowest BCUT2D eigenvalue weighted by molar-refractivity contribution is 0.225. The molecule has 0 atom stereocenters. The maximum atomic E-state index is 12.5. The number of benzene rings is 1. The zero-order chi connectivity index (χ0) is 15.5. The normalized spacial score (nSPS) is 15.9. The summed E-state index contributed by atoms with van der Waals surface area (Å²) in [4.78, 5) is 2.67. The summed E-state index contributed by atoms with van der Waals surface area (Å²) in [6.07, 6.45) is 2.57. The van der Waals surface area contributed by atoms with Crippen LogP contribution in [0.1, 0.15) is 32.3 Å². The molecule has 0 aromatic heterocycles. The molecule has 0 aliphatic heterocycles. The molecule has 0 saturated heterocycles.